The van der Waals surface area contributed by atoms with Crippen molar-refractivity contribution in [1.82, 2.24) is 31.3 Å². The summed E-state index contributed by atoms with van der Waals surface area (Å²) in [6.45, 7) is 6.07. The Hall–Kier alpha value is -3.52. The molecule has 1 amide bonds. The lowest BCUT2D eigenvalue weighted by Gasteiger charge is -2.40. The van der Waals surface area contributed by atoms with Gasteiger partial charge in [-0.2, -0.15) is 5.21 Å². The Labute approximate surface area is 181 Å². The Bertz CT molecular complexity index is 1070. The van der Waals surface area contributed by atoms with Crippen LogP contribution in [0.2, 0.25) is 0 Å². The van der Waals surface area contributed by atoms with Crippen molar-refractivity contribution in [2.45, 2.75) is 31.2 Å². The highest BCUT2D eigenvalue weighted by molar-refractivity contribution is 5.94. The van der Waals surface area contributed by atoms with E-state index in [-0.39, 0.29) is 11.9 Å². The second kappa shape index (κ2) is 7.96. The molecule has 2 aromatic carbocycles. The number of nitrogens with two attached hydrogens (primary N) is 1. The zero-order chi connectivity index (χ0) is 22.2. The SMILES string of the molecule is C=C(NC)c1ccc2c(c1)Cc1cc(C(=O)NC)ccc1C2(C[C@@H](C)N)c1nn[nH]n1. The standard InChI is InChI=1S/C23H27N7O/c1-13(24)12-23(22-27-29-30-28-22)19-7-5-15(14(2)25-3)9-17(19)11-18-10-16(21(31)26-4)6-8-20(18)23/h5-10,13,25H,2,11-12,24H2,1,3-4H3,(H,26,31)(H,27,28,29,30)/t13-,23?/m1/s1. The van der Waals surface area contributed by atoms with Gasteiger partial charge in [0.05, 0.1) is 5.41 Å². The van der Waals surface area contributed by atoms with Crippen molar-refractivity contribution in [3.8, 4) is 0 Å². The van der Waals surface area contributed by atoms with Gasteiger partial charge in [-0.15, -0.1) is 10.2 Å². The average Bonchev–Trinajstić information content (AvgIpc) is 3.32. The van der Waals surface area contributed by atoms with Gasteiger partial charge in [-0.1, -0.05) is 30.0 Å². The number of hydrogen-bond acceptors (Lipinski definition) is 6. The molecule has 0 saturated carbocycles. The molecule has 0 spiro atoms. The first-order valence-electron chi connectivity index (χ1n) is 10.3. The van der Waals surface area contributed by atoms with Crippen LogP contribution in [0.1, 0.15) is 57.3 Å². The molecule has 5 N–H and O–H groups in total. The van der Waals surface area contributed by atoms with Gasteiger partial charge in [0.25, 0.3) is 5.91 Å². The maximum Gasteiger partial charge on any atom is 0.251 e. The lowest BCUT2D eigenvalue weighted by atomic mass is 9.63. The molecule has 1 aliphatic carbocycles. The summed E-state index contributed by atoms with van der Waals surface area (Å²) in [4.78, 5) is 12.3. The maximum atomic E-state index is 12.3. The van der Waals surface area contributed by atoms with Crippen LogP contribution in [0, 0.1) is 0 Å². The van der Waals surface area contributed by atoms with Crippen molar-refractivity contribution < 1.29 is 4.79 Å². The monoisotopic (exact) mass is 417 g/mol. The second-order valence-corrected chi connectivity index (χ2v) is 8.05. The van der Waals surface area contributed by atoms with Crippen molar-refractivity contribution >= 4 is 11.6 Å². The fourth-order valence-electron chi connectivity index (χ4n) is 4.66. The third-order valence-electron chi connectivity index (χ3n) is 6.01. The van der Waals surface area contributed by atoms with E-state index in [1.807, 2.05) is 32.2 Å². The van der Waals surface area contributed by atoms with E-state index in [9.17, 15) is 4.79 Å². The number of rotatable bonds is 6. The maximum absolute atomic E-state index is 12.3. The van der Waals surface area contributed by atoms with Gasteiger partial charge < -0.3 is 16.4 Å². The highest BCUT2D eigenvalue weighted by Crippen LogP contribution is 2.48. The molecule has 0 aliphatic heterocycles. The molecule has 1 heterocycles. The lowest BCUT2D eigenvalue weighted by Crippen LogP contribution is -2.41. The van der Waals surface area contributed by atoms with Crippen LogP contribution in [-0.2, 0) is 11.8 Å². The van der Waals surface area contributed by atoms with E-state index in [1.54, 1.807) is 7.05 Å². The van der Waals surface area contributed by atoms with Crippen molar-refractivity contribution in [1.29, 1.82) is 0 Å². The van der Waals surface area contributed by atoms with Crippen molar-refractivity contribution in [3.05, 3.63) is 82.2 Å². The molecule has 8 heteroatoms. The molecular formula is C23H27N7O. The van der Waals surface area contributed by atoms with E-state index in [2.05, 4.69) is 56.0 Å². The number of carbonyl (C=O) groups excluding carboxylic acids is 1. The fourth-order valence-corrected chi connectivity index (χ4v) is 4.66. The third-order valence-corrected chi connectivity index (χ3v) is 6.01. The topological polar surface area (TPSA) is 122 Å². The van der Waals surface area contributed by atoms with E-state index in [1.165, 1.54) is 0 Å². The zero-order valence-electron chi connectivity index (χ0n) is 18.0. The molecule has 1 aliphatic rings. The summed E-state index contributed by atoms with van der Waals surface area (Å²) < 4.78 is 0. The summed E-state index contributed by atoms with van der Waals surface area (Å²) in [5.74, 6) is 0.447. The summed E-state index contributed by atoms with van der Waals surface area (Å²) in [6, 6.07) is 12.0. The van der Waals surface area contributed by atoms with Crippen molar-refractivity contribution in [3.63, 3.8) is 0 Å². The Morgan fingerprint density at radius 2 is 1.81 bits per heavy atom. The number of aromatic amines is 1. The molecule has 1 unspecified atom stereocenters. The first-order valence-corrected chi connectivity index (χ1v) is 10.3. The van der Waals surface area contributed by atoms with Gasteiger partial charge in [0.15, 0.2) is 5.82 Å². The molecule has 4 rings (SSSR count). The minimum Gasteiger partial charge on any atom is -0.388 e. The highest BCUT2D eigenvalue weighted by atomic mass is 16.1. The zero-order valence-corrected chi connectivity index (χ0v) is 18.0. The van der Waals surface area contributed by atoms with E-state index in [0.717, 1.165) is 33.5 Å². The van der Waals surface area contributed by atoms with Crippen LogP contribution in [0.5, 0.6) is 0 Å². The number of amides is 1. The molecule has 3 aromatic rings. The van der Waals surface area contributed by atoms with Crippen molar-refractivity contribution in [2.24, 2.45) is 5.73 Å². The Kier molecular flexibility index (Phi) is 5.32. The first kappa shape index (κ1) is 20.7. The second-order valence-electron chi connectivity index (χ2n) is 8.05. The average molecular weight is 418 g/mol. The summed E-state index contributed by atoms with van der Waals surface area (Å²) in [5, 5.41) is 21.1. The Balaban J connectivity index is 2.02. The van der Waals surface area contributed by atoms with Crippen LogP contribution in [0.25, 0.3) is 5.70 Å². The van der Waals surface area contributed by atoms with E-state index in [4.69, 9.17) is 5.73 Å². The summed E-state index contributed by atoms with van der Waals surface area (Å²) in [7, 11) is 3.48. The van der Waals surface area contributed by atoms with Gasteiger partial charge >= 0.3 is 0 Å². The number of fused-ring (bicyclic) bond motifs is 2. The molecule has 160 valence electrons. The molecule has 0 radical (unpaired) electrons. The van der Waals surface area contributed by atoms with Crippen molar-refractivity contribution in [2.75, 3.05) is 14.1 Å². The smallest absolute Gasteiger partial charge is 0.251 e. The molecule has 0 saturated heterocycles. The van der Waals surface area contributed by atoms with Gasteiger partial charge in [0.2, 0.25) is 0 Å². The minimum atomic E-state index is -0.676. The van der Waals surface area contributed by atoms with E-state index >= 15 is 0 Å². The summed E-state index contributed by atoms with van der Waals surface area (Å²) in [5.41, 5.74) is 12.5. The molecule has 0 bridgehead atoms. The molecule has 8 nitrogen and oxygen atoms in total. The van der Waals surface area contributed by atoms with Crippen LogP contribution in [0.15, 0.2) is 43.0 Å². The van der Waals surface area contributed by atoms with E-state index in [0.29, 0.717) is 24.2 Å². The van der Waals surface area contributed by atoms with Gasteiger partial charge in [0, 0.05) is 31.4 Å². The fraction of sp³-hybridized carbons (Fsp3) is 0.304. The molecule has 1 aromatic heterocycles. The number of aromatic nitrogens is 4. The molecule has 2 atom stereocenters. The number of H-pyrrole nitrogens is 1. The normalized spacial score (nSPS) is 17.9. The number of nitrogens with one attached hydrogen (secondary N) is 3. The predicted octanol–water partition coefficient (Wildman–Crippen LogP) is 1.73. The van der Waals surface area contributed by atoms with Crippen LogP contribution >= 0.6 is 0 Å². The lowest BCUT2D eigenvalue weighted by molar-refractivity contribution is 0.0963. The predicted molar refractivity (Wildman–Crippen MR) is 120 cm³/mol. The third kappa shape index (κ3) is 3.38. The summed E-state index contributed by atoms with van der Waals surface area (Å²) in [6.07, 6.45) is 1.27. The van der Waals surface area contributed by atoms with Crippen LogP contribution in [0.3, 0.4) is 0 Å². The van der Waals surface area contributed by atoms with Gasteiger partial charge in [-0.25, -0.2) is 0 Å². The number of tetrazole rings is 1. The summed E-state index contributed by atoms with van der Waals surface area (Å²) >= 11 is 0. The molecule has 0 fully saturated rings. The van der Waals surface area contributed by atoms with Crippen LogP contribution < -0.4 is 16.4 Å². The number of carbonyl (C=O) groups is 1. The van der Waals surface area contributed by atoms with Crippen LogP contribution in [-0.4, -0.2) is 46.7 Å². The largest absolute Gasteiger partial charge is 0.388 e. The number of nitrogens with zero attached hydrogens (tertiary/aromatic N) is 3. The van der Waals surface area contributed by atoms with Gasteiger partial charge in [-0.05, 0) is 65.8 Å². The Morgan fingerprint density at radius 3 is 2.35 bits per heavy atom. The minimum absolute atomic E-state index is 0.122. The van der Waals surface area contributed by atoms with Gasteiger partial charge in [-0.3, -0.25) is 4.79 Å². The first-order chi connectivity index (χ1) is 14.9. The molecule has 31 heavy (non-hydrogen) atoms. The van der Waals surface area contributed by atoms with E-state index < -0.39 is 5.41 Å². The number of hydrogen-bond donors (Lipinski definition) is 4. The van der Waals surface area contributed by atoms with Gasteiger partial charge in [0.1, 0.15) is 0 Å². The quantitative estimate of drug-likeness (QED) is 0.485. The molecular weight excluding hydrogens is 390 g/mol. The number of benzene rings is 2. The highest BCUT2D eigenvalue weighted by Gasteiger charge is 2.46. The Morgan fingerprint density at radius 1 is 1.16 bits per heavy atom. The van der Waals surface area contributed by atoms with Crippen LogP contribution in [0.4, 0.5) is 0 Å².